The molecule has 1 fully saturated rings. The highest BCUT2D eigenvalue weighted by atomic mass is 16.5. The third-order valence-electron chi connectivity index (χ3n) is 5.96. The van der Waals surface area contributed by atoms with E-state index in [0.717, 1.165) is 30.9 Å². The largest absolute Gasteiger partial charge is 0.490 e. The van der Waals surface area contributed by atoms with Crippen molar-refractivity contribution in [2.24, 2.45) is 0 Å². The molecule has 1 saturated heterocycles. The molecule has 0 spiro atoms. The normalized spacial score (nSPS) is 13.7. The third kappa shape index (κ3) is 7.06. The Labute approximate surface area is 214 Å². The van der Waals surface area contributed by atoms with Gasteiger partial charge < -0.3 is 29.7 Å². The minimum atomic E-state index is -0.685. The molecule has 0 aromatic heterocycles. The number of anilines is 2. The molecule has 0 aliphatic carbocycles. The lowest BCUT2D eigenvalue weighted by Gasteiger charge is -2.21. The standard InChI is InChI=1S/C28H39N3O5/c1-5-12-23(28(33)29-21-13-11-14-22(19-21)31-15-9-10-16-31)30-27(32)20-17-24(34-6-2)26(36-8-4)25(18-20)35-7-3/h11,13-14,17-19,23H,5-10,12,15-16H2,1-4H3,(H,29,33)(H,30,32). The molecular weight excluding hydrogens is 458 g/mol. The molecule has 1 atom stereocenters. The minimum absolute atomic E-state index is 0.246. The van der Waals surface area contributed by atoms with E-state index in [4.69, 9.17) is 14.2 Å². The molecule has 36 heavy (non-hydrogen) atoms. The van der Waals surface area contributed by atoms with Crippen LogP contribution in [-0.4, -0.2) is 50.8 Å². The maximum absolute atomic E-state index is 13.2. The smallest absolute Gasteiger partial charge is 0.252 e. The Morgan fingerprint density at radius 2 is 1.56 bits per heavy atom. The highest BCUT2D eigenvalue weighted by Gasteiger charge is 2.24. The fraction of sp³-hybridized carbons (Fsp3) is 0.500. The summed E-state index contributed by atoms with van der Waals surface area (Å²) in [6, 6.07) is 10.4. The number of rotatable bonds is 13. The minimum Gasteiger partial charge on any atom is -0.490 e. The zero-order valence-electron chi connectivity index (χ0n) is 21.9. The number of carbonyl (C=O) groups excluding carboxylic acids is 2. The summed E-state index contributed by atoms with van der Waals surface area (Å²) in [5.41, 5.74) is 2.16. The molecule has 3 rings (SSSR count). The number of amides is 2. The van der Waals surface area contributed by atoms with Gasteiger partial charge in [0, 0.05) is 30.0 Å². The summed E-state index contributed by atoms with van der Waals surface area (Å²) in [4.78, 5) is 28.7. The van der Waals surface area contributed by atoms with E-state index < -0.39 is 6.04 Å². The zero-order chi connectivity index (χ0) is 25.9. The van der Waals surface area contributed by atoms with Crippen molar-refractivity contribution in [3.8, 4) is 17.2 Å². The van der Waals surface area contributed by atoms with Crippen LogP contribution in [0.5, 0.6) is 17.2 Å². The monoisotopic (exact) mass is 497 g/mol. The first-order valence-electron chi connectivity index (χ1n) is 13.0. The first-order valence-corrected chi connectivity index (χ1v) is 13.0. The van der Waals surface area contributed by atoms with Crippen LogP contribution in [-0.2, 0) is 4.79 Å². The van der Waals surface area contributed by atoms with E-state index in [9.17, 15) is 9.59 Å². The van der Waals surface area contributed by atoms with E-state index in [-0.39, 0.29) is 11.8 Å². The summed E-state index contributed by atoms with van der Waals surface area (Å²) in [5.74, 6) is 0.721. The average molecular weight is 498 g/mol. The van der Waals surface area contributed by atoms with Gasteiger partial charge in [0.15, 0.2) is 11.5 Å². The van der Waals surface area contributed by atoms with Crippen LogP contribution in [0.4, 0.5) is 11.4 Å². The van der Waals surface area contributed by atoms with E-state index in [1.165, 1.54) is 12.8 Å². The second-order valence-corrected chi connectivity index (χ2v) is 8.65. The zero-order valence-corrected chi connectivity index (χ0v) is 21.9. The van der Waals surface area contributed by atoms with Crippen molar-refractivity contribution >= 4 is 23.2 Å². The van der Waals surface area contributed by atoms with Gasteiger partial charge in [-0.25, -0.2) is 0 Å². The molecule has 1 aliphatic rings. The lowest BCUT2D eigenvalue weighted by Crippen LogP contribution is -2.43. The maximum Gasteiger partial charge on any atom is 0.252 e. The van der Waals surface area contributed by atoms with Crippen LogP contribution < -0.4 is 29.7 Å². The molecular formula is C28H39N3O5. The van der Waals surface area contributed by atoms with Gasteiger partial charge in [-0.3, -0.25) is 9.59 Å². The van der Waals surface area contributed by atoms with Crippen LogP contribution in [0.2, 0.25) is 0 Å². The Morgan fingerprint density at radius 3 is 2.14 bits per heavy atom. The predicted octanol–water partition coefficient (Wildman–Crippen LogP) is 5.02. The van der Waals surface area contributed by atoms with E-state index in [2.05, 4.69) is 21.6 Å². The molecule has 196 valence electrons. The first-order chi connectivity index (χ1) is 17.5. The van der Waals surface area contributed by atoms with Crippen molar-refractivity contribution < 1.29 is 23.8 Å². The van der Waals surface area contributed by atoms with Crippen molar-refractivity contribution in [1.82, 2.24) is 5.32 Å². The Morgan fingerprint density at radius 1 is 0.917 bits per heavy atom. The summed E-state index contributed by atoms with van der Waals surface area (Å²) < 4.78 is 17.2. The molecule has 0 saturated carbocycles. The van der Waals surface area contributed by atoms with E-state index >= 15 is 0 Å². The highest BCUT2D eigenvalue weighted by molar-refractivity contribution is 6.02. The summed E-state index contributed by atoms with van der Waals surface area (Å²) in [5, 5.41) is 5.89. The lowest BCUT2D eigenvalue weighted by atomic mass is 10.1. The number of hydrogen-bond donors (Lipinski definition) is 2. The van der Waals surface area contributed by atoms with Crippen LogP contribution in [0.15, 0.2) is 36.4 Å². The highest BCUT2D eigenvalue weighted by Crippen LogP contribution is 2.39. The van der Waals surface area contributed by atoms with Gasteiger partial charge in [-0.15, -0.1) is 0 Å². The van der Waals surface area contributed by atoms with Gasteiger partial charge in [-0.1, -0.05) is 19.4 Å². The van der Waals surface area contributed by atoms with Gasteiger partial charge in [0.2, 0.25) is 11.7 Å². The van der Waals surface area contributed by atoms with Gasteiger partial charge in [-0.2, -0.15) is 0 Å². The SMILES string of the molecule is CCCC(NC(=O)c1cc(OCC)c(OCC)c(OCC)c1)C(=O)Nc1cccc(N2CCCC2)c1. The fourth-order valence-corrected chi connectivity index (χ4v) is 4.30. The number of nitrogens with zero attached hydrogens (tertiary/aromatic N) is 1. The van der Waals surface area contributed by atoms with Crippen molar-refractivity contribution in [3.05, 3.63) is 42.0 Å². The van der Waals surface area contributed by atoms with Crippen molar-refractivity contribution in [3.63, 3.8) is 0 Å². The summed E-state index contributed by atoms with van der Waals surface area (Å²) in [6.07, 6.45) is 3.62. The molecule has 8 heteroatoms. The van der Waals surface area contributed by atoms with Crippen molar-refractivity contribution in [2.75, 3.05) is 43.1 Å². The van der Waals surface area contributed by atoms with Gasteiger partial charge in [0.25, 0.3) is 5.91 Å². The Bertz CT molecular complexity index is 993. The fourth-order valence-electron chi connectivity index (χ4n) is 4.30. The Balaban J connectivity index is 1.77. The molecule has 1 unspecified atom stereocenters. The second-order valence-electron chi connectivity index (χ2n) is 8.65. The lowest BCUT2D eigenvalue weighted by molar-refractivity contribution is -0.118. The summed E-state index contributed by atoms with van der Waals surface area (Å²) >= 11 is 0. The van der Waals surface area contributed by atoms with Gasteiger partial charge in [0.05, 0.1) is 19.8 Å². The summed E-state index contributed by atoms with van der Waals surface area (Å²) in [6.45, 7) is 10.9. The van der Waals surface area contributed by atoms with Gasteiger partial charge in [-0.05, 0) is 70.4 Å². The molecule has 2 aromatic rings. The van der Waals surface area contributed by atoms with Crippen LogP contribution in [0, 0.1) is 0 Å². The van der Waals surface area contributed by atoms with Crippen LogP contribution >= 0.6 is 0 Å². The number of carbonyl (C=O) groups is 2. The number of benzene rings is 2. The molecule has 2 N–H and O–H groups in total. The number of hydrogen-bond acceptors (Lipinski definition) is 6. The molecule has 1 aliphatic heterocycles. The van der Waals surface area contributed by atoms with Crippen LogP contribution in [0.1, 0.15) is 63.7 Å². The van der Waals surface area contributed by atoms with Gasteiger partial charge in [0.1, 0.15) is 6.04 Å². The second kappa shape index (κ2) is 13.6. The molecule has 2 amide bonds. The molecule has 2 aromatic carbocycles. The molecule has 8 nitrogen and oxygen atoms in total. The third-order valence-corrected chi connectivity index (χ3v) is 5.96. The number of nitrogens with one attached hydrogen (secondary N) is 2. The van der Waals surface area contributed by atoms with E-state index in [1.807, 2.05) is 45.9 Å². The summed E-state index contributed by atoms with van der Waals surface area (Å²) in [7, 11) is 0. The quantitative estimate of drug-likeness (QED) is 0.404. The topological polar surface area (TPSA) is 89.1 Å². The van der Waals surface area contributed by atoms with Crippen molar-refractivity contribution in [1.29, 1.82) is 0 Å². The molecule has 0 radical (unpaired) electrons. The van der Waals surface area contributed by atoms with Crippen LogP contribution in [0.25, 0.3) is 0 Å². The van der Waals surface area contributed by atoms with Crippen LogP contribution in [0.3, 0.4) is 0 Å². The molecule has 1 heterocycles. The van der Waals surface area contributed by atoms with Gasteiger partial charge >= 0.3 is 0 Å². The predicted molar refractivity (Wildman–Crippen MR) is 143 cm³/mol. The average Bonchev–Trinajstić information content (AvgIpc) is 3.41. The first kappa shape index (κ1) is 27.2. The Kier molecular flexibility index (Phi) is 10.3. The van der Waals surface area contributed by atoms with E-state index in [0.29, 0.717) is 49.1 Å². The van der Waals surface area contributed by atoms with Crippen molar-refractivity contribution in [2.45, 2.75) is 59.4 Å². The molecule has 0 bridgehead atoms. The number of ether oxygens (including phenoxy) is 3. The maximum atomic E-state index is 13.2. The Hall–Kier alpha value is -3.42. The van der Waals surface area contributed by atoms with E-state index in [1.54, 1.807) is 12.1 Å².